The second-order valence-corrected chi connectivity index (χ2v) is 7.24. The Bertz CT molecular complexity index is 1240. The molecule has 176 valence electrons. The Morgan fingerprint density at radius 3 is 2.24 bits per heavy atom. The molecule has 0 aromatic heterocycles. The largest absolute Gasteiger partial charge is 0.508 e. The van der Waals surface area contributed by atoms with E-state index in [1.807, 2.05) is 0 Å². The zero-order valence-electron chi connectivity index (χ0n) is 17.8. The lowest BCUT2D eigenvalue weighted by Gasteiger charge is -2.11. The number of esters is 1. The second-order valence-electron chi connectivity index (χ2n) is 7.24. The van der Waals surface area contributed by atoms with E-state index in [1.54, 1.807) is 6.92 Å². The van der Waals surface area contributed by atoms with E-state index in [1.165, 1.54) is 54.6 Å². The van der Waals surface area contributed by atoms with E-state index < -0.39 is 36.1 Å². The van der Waals surface area contributed by atoms with Crippen LogP contribution in [0.2, 0.25) is 0 Å². The highest BCUT2D eigenvalue weighted by molar-refractivity contribution is 6.05. The Morgan fingerprint density at radius 1 is 0.882 bits per heavy atom. The van der Waals surface area contributed by atoms with Crippen LogP contribution >= 0.6 is 0 Å². The number of aryl methyl sites for hydroxylation is 1. The van der Waals surface area contributed by atoms with Gasteiger partial charge in [-0.2, -0.15) is 13.2 Å². The van der Waals surface area contributed by atoms with Gasteiger partial charge < -0.3 is 20.5 Å². The van der Waals surface area contributed by atoms with E-state index in [2.05, 4.69) is 10.6 Å². The molecule has 0 radical (unpaired) electrons. The van der Waals surface area contributed by atoms with Crippen LogP contribution in [0.5, 0.6) is 5.75 Å². The standard InChI is InChI=1S/C24H19F3N2O5/c1-14-8-9-16(11-20(14)30)23(33)34-13-21(31)28-18-6-2-4-15(10-18)22(32)29-19-7-3-5-17(12-19)24(25,26)27/h2-12,30H,13H2,1H3,(H,28,31)(H,29,32). The fraction of sp³-hybridized carbons (Fsp3) is 0.125. The van der Waals surface area contributed by atoms with Crippen molar-refractivity contribution in [2.75, 3.05) is 17.2 Å². The van der Waals surface area contributed by atoms with Crippen molar-refractivity contribution in [2.24, 2.45) is 0 Å². The Kier molecular flexibility index (Phi) is 7.20. The molecule has 0 aliphatic heterocycles. The zero-order chi connectivity index (χ0) is 24.9. The SMILES string of the molecule is Cc1ccc(C(=O)OCC(=O)Nc2cccc(C(=O)Nc3cccc(C(F)(F)F)c3)c2)cc1O. The summed E-state index contributed by atoms with van der Waals surface area (Å²) in [5.74, 6) is -2.25. The third kappa shape index (κ3) is 6.35. The van der Waals surface area contributed by atoms with Crippen LogP contribution in [0.3, 0.4) is 0 Å². The number of anilines is 2. The number of aromatic hydroxyl groups is 1. The van der Waals surface area contributed by atoms with E-state index >= 15 is 0 Å². The van der Waals surface area contributed by atoms with Gasteiger partial charge in [0.2, 0.25) is 0 Å². The van der Waals surface area contributed by atoms with Gasteiger partial charge in [-0.05, 0) is 61.0 Å². The molecule has 0 saturated carbocycles. The first-order valence-electron chi connectivity index (χ1n) is 9.88. The predicted molar refractivity (Wildman–Crippen MR) is 118 cm³/mol. The van der Waals surface area contributed by atoms with Crippen molar-refractivity contribution >= 4 is 29.2 Å². The number of hydrogen-bond donors (Lipinski definition) is 3. The Balaban J connectivity index is 1.59. The molecule has 0 fully saturated rings. The molecule has 0 saturated heterocycles. The smallest absolute Gasteiger partial charge is 0.416 e. The number of benzene rings is 3. The van der Waals surface area contributed by atoms with Crippen LogP contribution < -0.4 is 10.6 Å². The molecule has 3 aromatic rings. The number of phenols is 1. The van der Waals surface area contributed by atoms with Gasteiger partial charge in [-0.3, -0.25) is 9.59 Å². The summed E-state index contributed by atoms with van der Waals surface area (Å²) in [6.45, 7) is 1.04. The molecule has 0 unspecified atom stereocenters. The van der Waals surface area contributed by atoms with Crippen molar-refractivity contribution in [2.45, 2.75) is 13.1 Å². The van der Waals surface area contributed by atoms with Crippen LogP contribution in [0, 0.1) is 6.92 Å². The fourth-order valence-electron chi connectivity index (χ4n) is 2.86. The minimum atomic E-state index is -4.55. The van der Waals surface area contributed by atoms with Crippen LogP contribution in [0.15, 0.2) is 66.7 Å². The third-order valence-electron chi connectivity index (χ3n) is 4.64. The molecule has 0 heterocycles. The topological polar surface area (TPSA) is 105 Å². The first kappa shape index (κ1) is 24.3. The molecular formula is C24H19F3N2O5. The summed E-state index contributed by atoms with van der Waals surface area (Å²) in [5, 5.41) is 14.5. The number of alkyl halides is 3. The van der Waals surface area contributed by atoms with Gasteiger partial charge in [0.25, 0.3) is 11.8 Å². The zero-order valence-corrected chi connectivity index (χ0v) is 17.8. The summed E-state index contributed by atoms with van der Waals surface area (Å²) in [6.07, 6.45) is -4.55. The highest BCUT2D eigenvalue weighted by Gasteiger charge is 2.30. The molecule has 0 spiro atoms. The van der Waals surface area contributed by atoms with Gasteiger partial charge in [0.1, 0.15) is 5.75 Å². The Morgan fingerprint density at radius 2 is 1.56 bits per heavy atom. The lowest BCUT2D eigenvalue weighted by molar-refractivity contribution is -0.137. The summed E-state index contributed by atoms with van der Waals surface area (Å²) >= 11 is 0. The molecule has 10 heteroatoms. The molecule has 3 N–H and O–H groups in total. The van der Waals surface area contributed by atoms with E-state index in [0.29, 0.717) is 5.56 Å². The number of phenolic OH excluding ortho intramolecular Hbond substituents is 1. The van der Waals surface area contributed by atoms with Crippen molar-refractivity contribution in [3.05, 3.63) is 89.0 Å². The van der Waals surface area contributed by atoms with E-state index in [-0.39, 0.29) is 28.3 Å². The van der Waals surface area contributed by atoms with E-state index in [4.69, 9.17) is 4.74 Å². The van der Waals surface area contributed by atoms with Crippen molar-refractivity contribution in [1.29, 1.82) is 0 Å². The summed E-state index contributed by atoms with van der Waals surface area (Å²) in [6, 6.07) is 14.1. The number of hydrogen-bond acceptors (Lipinski definition) is 5. The number of nitrogens with one attached hydrogen (secondary N) is 2. The monoisotopic (exact) mass is 472 g/mol. The summed E-state index contributed by atoms with van der Waals surface area (Å²) in [7, 11) is 0. The molecule has 2 amide bonds. The Hall–Kier alpha value is -4.34. The summed E-state index contributed by atoms with van der Waals surface area (Å²) in [4.78, 5) is 36.6. The molecule has 0 atom stereocenters. The molecule has 0 bridgehead atoms. The molecule has 34 heavy (non-hydrogen) atoms. The maximum Gasteiger partial charge on any atom is 0.416 e. The third-order valence-corrected chi connectivity index (χ3v) is 4.64. The van der Waals surface area contributed by atoms with Gasteiger partial charge >= 0.3 is 12.1 Å². The number of halogens is 3. The lowest BCUT2D eigenvalue weighted by Crippen LogP contribution is -2.21. The van der Waals surface area contributed by atoms with Crippen LogP contribution in [0.25, 0.3) is 0 Å². The van der Waals surface area contributed by atoms with E-state index in [0.717, 1.165) is 12.1 Å². The molecule has 0 aliphatic rings. The van der Waals surface area contributed by atoms with Crippen LogP contribution in [-0.2, 0) is 15.7 Å². The van der Waals surface area contributed by atoms with Crippen LogP contribution in [0.4, 0.5) is 24.5 Å². The quantitative estimate of drug-likeness (QED) is 0.449. The number of amides is 2. The van der Waals surface area contributed by atoms with Crippen molar-refractivity contribution in [3.8, 4) is 5.75 Å². The van der Waals surface area contributed by atoms with Gasteiger partial charge in [0.15, 0.2) is 6.61 Å². The van der Waals surface area contributed by atoms with E-state index in [9.17, 15) is 32.7 Å². The molecule has 3 aromatic carbocycles. The average molecular weight is 472 g/mol. The van der Waals surface area contributed by atoms with Gasteiger partial charge in [-0.15, -0.1) is 0 Å². The first-order chi connectivity index (χ1) is 16.0. The minimum Gasteiger partial charge on any atom is -0.508 e. The average Bonchev–Trinajstić information content (AvgIpc) is 2.79. The van der Waals surface area contributed by atoms with Crippen molar-refractivity contribution in [1.82, 2.24) is 0 Å². The molecule has 0 aliphatic carbocycles. The maximum atomic E-state index is 12.9. The molecule has 3 rings (SSSR count). The second kappa shape index (κ2) is 10.1. The van der Waals surface area contributed by atoms with Crippen molar-refractivity contribution < 1.29 is 37.4 Å². The summed E-state index contributed by atoms with van der Waals surface area (Å²) in [5.41, 5.74) is 0.00789. The number of rotatable bonds is 6. The molecule has 7 nitrogen and oxygen atoms in total. The Labute approximate surface area is 192 Å². The number of carbonyl (C=O) groups excluding carboxylic acids is 3. The minimum absolute atomic E-state index is 0.0386. The van der Waals surface area contributed by atoms with Gasteiger partial charge in [-0.25, -0.2) is 4.79 Å². The number of ether oxygens (including phenoxy) is 1. The van der Waals surface area contributed by atoms with Gasteiger partial charge in [-0.1, -0.05) is 18.2 Å². The maximum absolute atomic E-state index is 12.9. The lowest BCUT2D eigenvalue weighted by atomic mass is 10.1. The summed E-state index contributed by atoms with van der Waals surface area (Å²) < 4.78 is 43.5. The van der Waals surface area contributed by atoms with Gasteiger partial charge in [0.05, 0.1) is 11.1 Å². The van der Waals surface area contributed by atoms with Gasteiger partial charge in [0, 0.05) is 16.9 Å². The molecular weight excluding hydrogens is 453 g/mol. The normalized spacial score (nSPS) is 10.9. The number of carbonyl (C=O) groups is 3. The fourth-order valence-corrected chi connectivity index (χ4v) is 2.86. The highest BCUT2D eigenvalue weighted by Crippen LogP contribution is 2.30. The first-order valence-corrected chi connectivity index (χ1v) is 9.88. The predicted octanol–water partition coefficient (Wildman–Crippen LogP) is 4.77. The van der Waals surface area contributed by atoms with Crippen LogP contribution in [0.1, 0.15) is 31.8 Å². The van der Waals surface area contributed by atoms with Crippen LogP contribution in [-0.4, -0.2) is 29.5 Å². The highest BCUT2D eigenvalue weighted by atomic mass is 19.4. The van der Waals surface area contributed by atoms with Crippen molar-refractivity contribution in [3.63, 3.8) is 0 Å².